The molecule has 0 spiro atoms. The first-order chi connectivity index (χ1) is 12.6. The van der Waals surface area contributed by atoms with Gasteiger partial charge in [0.2, 0.25) is 0 Å². The molecule has 1 aromatic carbocycles. The average Bonchev–Trinajstić information content (AvgIpc) is 2.99. The molecule has 2 aromatic heterocycles. The van der Waals surface area contributed by atoms with Gasteiger partial charge in [0.1, 0.15) is 17.1 Å². The van der Waals surface area contributed by atoms with E-state index in [-0.39, 0.29) is 5.56 Å². The van der Waals surface area contributed by atoms with Crippen LogP contribution in [0.2, 0.25) is 0 Å². The highest BCUT2D eigenvalue weighted by Gasteiger charge is 2.13. The Morgan fingerprint density at radius 1 is 1.15 bits per heavy atom. The van der Waals surface area contributed by atoms with Gasteiger partial charge >= 0.3 is 0 Å². The number of aromatic amines is 2. The molecule has 0 amide bonds. The highest BCUT2D eigenvalue weighted by Crippen LogP contribution is 2.17. The lowest BCUT2D eigenvalue weighted by Gasteiger charge is -2.07. The van der Waals surface area contributed by atoms with Crippen LogP contribution in [-0.2, 0) is 12.8 Å². The van der Waals surface area contributed by atoms with Crippen molar-refractivity contribution < 1.29 is 4.74 Å². The van der Waals surface area contributed by atoms with Crippen molar-refractivity contribution in [3.8, 4) is 5.75 Å². The molecule has 0 aliphatic heterocycles. The van der Waals surface area contributed by atoms with E-state index in [1.165, 1.54) is 0 Å². The number of ether oxygens (including phenoxy) is 1. The molecule has 0 unspecified atom stereocenters. The highest BCUT2D eigenvalue weighted by atomic mass is 16.5. The molecule has 6 heteroatoms. The third kappa shape index (κ3) is 4.31. The molecule has 0 saturated heterocycles. The molecule has 0 atom stereocenters. The van der Waals surface area contributed by atoms with Crippen LogP contribution in [0.25, 0.3) is 11.0 Å². The highest BCUT2D eigenvalue weighted by molar-refractivity contribution is 5.75. The topological polar surface area (TPSA) is 83.7 Å². The smallest absolute Gasteiger partial charge is 0.279 e. The molecule has 0 saturated carbocycles. The molecular formula is C20H26N4O2. The van der Waals surface area contributed by atoms with Gasteiger partial charge in [-0.3, -0.25) is 9.89 Å². The number of nitrogens with zero attached hydrogens (tertiary/aromatic N) is 2. The third-order valence-corrected chi connectivity index (χ3v) is 4.21. The molecule has 138 valence electrons. The van der Waals surface area contributed by atoms with E-state index in [1.54, 1.807) is 0 Å². The van der Waals surface area contributed by atoms with Crippen LogP contribution in [0.4, 0.5) is 0 Å². The molecule has 3 rings (SSSR count). The second-order valence-electron chi connectivity index (χ2n) is 7.03. The minimum Gasteiger partial charge on any atom is -0.494 e. The minimum atomic E-state index is -0.198. The Kier molecular flexibility index (Phi) is 5.71. The Morgan fingerprint density at radius 2 is 1.92 bits per heavy atom. The summed E-state index contributed by atoms with van der Waals surface area (Å²) >= 11 is 0. The summed E-state index contributed by atoms with van der Waals surface area (Å²) in [5.74, 6) is 1.98. The normalized spacial score (nSPS) is 11.4. The maximum absolute atomic E-state index is 12.3. The van der Waals surface area contributed by atoms with Crippen LogP contribution in [0.15, 0.2) is 29.1 Å². The number of fused-ring (bicyclic) bond motifs is 1. The van der Waals surface area contributed by atoms with Crippen molar-refractivity contribution in [1.82, 2.24) is 20.2 Å². The molecule has 0 aliphatic rings. The van der Waals surface area contributed by atoms with E-state index in [4.69, 9.17) is 4.74 Å². The fourth-order valence-electron chi connectivity index (χ4n) is 2.87. The summed E-state index contributed by atoms with van der Waals surface area (Å²) in [6.45, 7) is 7.14. The molecule has 2 N–H and O–H groups in total. The van der Waals surface area contributed by atoms with Crippen LogP contribution in [0.5, 0.6) is 5.75 Å². The Labute approximate surface area is 153 Å². The van der Waals surface area contributed by atoms with Gasteiger partial charge in [-0.1, -0.05) is 39.3 Å². The van der Waals surface area contributed by atoms with Gasteiger partial charge in [-0.05, 0) is 36.5 Å². The van der Waals surface area contributed by atoms with E-state index < -0.39 is 0 Å². The SMILES string of the molecule is CCCCOc1ccc(Cc2nc3c(CC(C)C)[nH]nc3c(=O)[nH]2)cc1. The molecular weight excluding hydrogens is 328 g/mol. The summed E-state index contributed by atoms with van der Waals surface area (Å²) in [6, 6.07) is 7.94. The second-order valence-corrected chi connectivity index (χ2v) is 7.03. The largest absolute Gasteiger partial charge is 0.494 e. The zero-order chi connectivity index (χ0) is 18.5. The number of nitrogens with one attached hydrogen (secondary N) is 2. The van der Waals surface area contributed by atoms with Gasteiger partial charge in [0.05, 0.1) is 12.3 Å². The van der Waals surface area contributed by atoms with E-state index in [0.29, 0.717) is 29.2 Å². The van der Waals surface area contributed by atoms with Crippen molar-refractivity contribution in [2.75, 3.05) is 6.61 Å². The number of rotatable bonds is 8. The van der Waals surface area contributed by atoms with Crippen molar-refractivity contribution in [2.24, 2.45) is 5.92 Å². The Morgan fingerprint density at radius 3 is 2.62 bits per heavy atom. The van der Waals surface area contributed by atoms with E-state index in [0.717, 1.165) is 42.9 Å². The summed E-state index contributed by atoms with van der Waals surface area (Å²) in [5, 5.41) is 7.08. The van der Waals surface area contributed by atoms with E-state index in [9.17, 15) is 4.79 Å². The maximum atomic E-state index is 12.3. The monoisotopic (exact) mass is 354 g/mol. The fourth-order valence-corrected chi connectivity index (χ4v) is 2.87. The van der Waals surface area contributed by atoms with Crippen molar-refractivity contribution in [3.05, 3.63) is 51.7 Å². The molecule has 0 aliphatic carbocycles. The summed E-state index contributed by atoms with van der Waals surface area (Å²) < 4.78 is 5.68. The summed E-state index contributed by atoms with van der Waals surface area (Å²) in [4.78, 5) is 19.8. The van der Waals surface area contributed by atoms with Crippen LogP contribution >= 0.6 is 0 Å². The van der Waals surface area contributed by atoms with Gasteiger partial charge < -0.3 is 9.72 Å². The first-order valence-corrected chi connectivity index (χ1v) is 9.24. The Bertz CT molecular complexity index is 910. The van der Waals surface area contributed by atoms with E-state index in [1.807, 2.05) is 24.3 Å². The number of aromatic nitrogens is 4. The predicted octanol–water partition coefficient (Wildman–Crippen LogP) is 3.61. The maximum Gasteiger partial charge on any atom is 0.279 e. The van der Waals surface area contributed by atoms with Crippen molar-refractivity contribution >= 4 is 11.0 Å². The first-order valence-electron chi connectivity index (χ1n) is 9.24. The standard InChI is InChI=1S/C20H26N4O2/c1-4-5-10-26-15-8-6-14(7-9-15)12-17-21-18-16(11-13(2)3)23-24-19(18)20(25)22-17/h6-9,13H,4-5,10-12H2,1-3H3,(H,23,24)(H,21,22,25). The minimum absolute atomic E-state index is 0.198. The van der Waals surface area contributed by atoms with E-state index in [2.05, 4.69) is 40.9 Å². The lowest BCUT2D eigenvalue weighted by atomic mass is 10.1. The van der Waals surface area contributed by atoms with Gasteiger partial charge in [0.25, 0.3) is 5.56 Å². The lowest BCUT2D eigenvalue weighted by Crippen LogP contribution is -2.12. The van der Waals surface area contributed by atoms with E-state index >= 15 is 0 Å². The van der Waals surface area contributed by atoms with Gasteiger partial charge in [-0.25, -0.2) is 4.98 Å². The average molecular weight is 354 g/mol. The first kappa shape index (κ1) is 18.2. The number of benzene rings is 1. The molecule has 0 radical (unpaired) electrons. The Balaban J connectivity index is 1.79. The van der Waals surface area contributed by atoms with Crippen molar-refractivity contribution in [2.45, 2.75) is 46.5 Å². The molecule has 0 bridgehead atoms. The predicted molar refractivity (Wildman–Crippen MR) is 103 cm³/mol. The second kappa shape index (κ2) is 8.17. The number of H-pyrrole nitrogens is 2. The van der Waals surface area contributed by atoms with Crippen LogP contribution in [-0.4, -0.2) is 26.8 Å². The summed E-state index contributed by atoms with van der Waals surface area (Å²) in [7, 11) is 0. The fraction of sp³-hybridized carbons (Fsp3) is 0.450. The van der Waals surface area contributed by atoms with Crippen molar-refractivity contribution in [1.29, 1.82) is 0 Å². The van der Waals surface area contributed by atoms with Gasteiger partial charge in [-0.2, -0.15) is 5.10 Å². The quantitative estimate of drug-likeness (QED) is 0.605. The Hall–Kier alpha value is -2.63. The lowest BCUT2D eigenvalue weighted by molar-refractivity contribution is 0.309. The molecule has 6 nitrogen and oxygen atoms in total. The van der Waals surface area contributed by atoms with Crippen LogP contribution in [0.1, 0.15) is 50.7 Å². The zero-order valence-electron chi connectivity index (χ0n) is 15.6. The number of unbranched alkanes of at least 4 members (excludes halogenated alkanes) is 1. The number of hydrogen-bond acceptors (Lipinski definition) is 4. The van der Waals surface area contributed by atoms with Crippen LogP contribution < -0.4 is 10.3 Å². The van der Waals surface area contributed by atoms with Crippen molar-refractivity contribution in [3.63, 3.8) is 0 Å². The molecule has 26 heavy (non-hydrogen) atoms. The zero-order valence-corrected chi connectivity index (χ0v) is 15.6. The van der Waals surface area contributed by atoms with Gasteiger partial charge in [0, 0.05) is 6.42 Å². The molecule has 0 fully saturated rings. The van der Waals surface area contributed by atoms with Gasteiger partial charge in [-0.15, -0.1) is 0 Å². The third-order valence-electron chi connectivity index (χ3n) is 4.21. The van der Waals surface area contributed by atoms with Gasteiger partial charge in [0.15, 0.2) is 5.52 Å². The summed E-state index contributed by atoms with van der Waals surface area (Å²) in [6.07, 6.45) is 3.55. The van der Waals surface area contributed by atoms with Crippen LogP contribution in [0, 0.1) is 5.92 Å². The number of hydrogen-bond donors (Lipinski definition) is 2. The molecule has 2 heterocycles. The molecule has 3 aromatic rings. The summed E-state index contributed by atoms with van der Waals surface area (Å²) in [5.41, 5.74) is 2.85. The van der Waals surface area contributed by atoms with Crippen LogP contribution in [0.3, 0.4) is 0 Å².